The van der Waals surface area contributed by atoms with E-state index >= 15 is 0 Å². The molecule has 0 radical (unpaired) electrons. The molecule has 0 fully saturated rings. The van der Waals surface area contributed by atoms with Crippen molar-refractivity contribution in [3.05, 3.63) is 120 Å². The van der Waals surface area contributed by atoms with E-state index in [1.54, 1.807) is 11.3 Å². The number of hydrogen-bond donors (Lipinski definition) is 0. The van der Waals surface area contributed by atoms with Crippen molar-refractivity contribution in [2.75, 3.05) is 0 Å². The van der Waals surface area contributed by atoms with E-state index < -0.39 is 0 Å². The monoisotopic (exact) mass is 552 g/mol. The first-order valence-corrected chi connectivity index (χ1v) is 15.2. The number of para-hydroxylation sites is 1. The van der Waals surface area contributed by atoms with Crippen LogP contribution in [0.2, 0.25) is 0 Å². The second-order valence-corrected chi connectivity index (χ2v) is 13.3. The van der Waals surface area contributed by atoms with Crippen LogP contribution in [0.5, 0.6) is 0 Å². The van der Waals surface area contributed by atoms with Crippen molar-refractivity contribution in [3.63, 3.8) is 0 Å². The van der Waals surface area contributed by atoms with Crippen molar-refractivity contribution >= 4 is 44.2 Å². The highest BCUT2D eigenvalue weighted by atomic mass is 32.1. The molecule has 6 rings (SSSR count). The van der Waals surface area contributed by atoms with Crippen LogP contribution >= 0.6 is 11.3 Å². The first-order valence-electron chi connectivity index (χ1n) is 14.4. The third-order valence-electron chi connectivity index (χ3n) is 7.54. The lowest BCUT2D eigenvalue weighted by atomic mass is 9.85. The molecule has 0 amide bonds. The zero-order valence-electron chi connectivity index (χ0n) is 24.5. The SMILES string of the molecule is CC(C)Cc1cccc(-c2cc(C(C)(C)C)cc3sc(-c4ccccc4N=Cc4cccc5ccccc45)nc23)c1. The highest BCUT2D eigenvalue weighted by Gasteiger charge is 2.20. The Morgan fingerprint density at radius 1 is 0.805 bits per heavy atom. The Bertz CT molecular complexity index is 1880. The lowest BCUT2D eigenvalue weighted by Gasteiger charge is -2.20. The standard InChI is InChI=1S/C38H36N2S/c1-25(2)20-26-12-10-15-28(21-26)33-22-30(38(3,4)5)23-35-36(33)40-37(41-35)32-18-8-9-19-34(32)39-24-29-16-11-14-27-13-6-7-17-31(27)29/h6-19,21-25H,20H2,1-5H3. The third kappa shape index (κ3) is 5.73. The lowest BCUT2D eigenvalue weighted by Crippen LogP contribution is -2.11. The van der Waals surface area contributed by atoms with Crippen molar-refractivity contribution < 1.29 is 0 Å². The summed E-state index contributed by atoms with van der Waals surface area (Å²) in [4.78, 5) is 10.3. The minimum atomic E-state index is 0.0310. The van der Waals surface area contributed by atoms with Gasteiger partial charge in [-0.1, -0.05) is 113 Å². The molecule has 2 nitrogen and oxygen atoms in total. The molecular weight excluding hydrogens is 516 g/mol. The number of fused-ring (bicyclic) bond motifs is 2. The van der Waals surface area contributed by atoms with E-state index in [-0.39, 0.29) is 5.41 Å². The molecule has 0 saturated carbocycles. The fourth-order valence-corrected chi connectivity index (χ4v) is 6.47. The Labute approximate surface area is 247 Å². The van der Waals surface area contributed by atoms with Crippen molar-refractivity contribution in [1.29, 1.82) is 0 Å². The molecule has 0 atom stereocenters. The van der Waals surface area contributed by atoms with Crippen molar-refractivity contribution in [3.8, 4) is 21.7 Å². The van der Waals surface area contributed by atoms with Crippen LogP contribution in [-0.4, -0.2) is 11.2 Å². The highest BCUT2D eigenvalue weighted by molar-refractivity contribution is 7.21. The zero-order valence-corrected chi connectivity index (χ0v) is 25.3. The smallest absolute Gasteiger partial charge is 0.126 e. The van der Waals surface area contributed by atoms with Gasteiger partial charge in [-0.2, -0.15) is 0 Å². The number of benzene rings is 5. The van der Waals surface area contributed by atoms with Gasteiger partial charge in [-0.25, -0.2) is 4.98 Å². The summed E-state index contributed by atoms with van der Waals surface area (Å²) in [5, 5.41) is 3.42. The minimum absolute atomic E-state index is 0.0310. The molecule has 6 aromatic rings. The largest absolute Gasteiger partial charge is 0.256 e. The van der Waals surface area contributed by atoms with Gasteiger partial charge in [0.25, 0.3) is 0 Å². The molecule has 0 aliphatic heterocycles. The number of hydrogen-bond acceptors (Lipinski definition) is 3. The Hall–Kier alpha value is -4.08. The Morgan fingerprint density at radius 3 is 2.39 bits per heavy atom. The van der Waals surface area contributed by atoms with E-state index in [1.807, 2.05) is 6.21 Å². The second-order valence-electron chi connectivity index (χ2n) is 12.3. The highest BCUT2D eigenvalue weighted by Crippen LogP contribution is 2.41. The van der Waals surface area contributed by atoms with Crippen molar-refractivity contribution in [2.24, 2.45) is 10.9 Å². The topological polar surface area (TPSA) is 25.2 Å². The van der Waals surface area contributed by atoms with E-state index in [1.165, 1.54) is 37.7 Å². The van der Waals surface area contributed by atoms with Gasteiger partial charge >= 0.3 is 0 Å². The molecular formula is C38H36N2S. The molecule has 1 aromatic heterocycles. The second kappa shape index (κ2) is 11.1. The summed E-state index contributed by atoms with van der Waals surface area (Å²) in [7, 11) is 0. The van der Waals surface area contributed by atoms with Crippen molar-refractivity contribution in [2.45, 2.75) is 46.5 Å². The van der Waals surface area contributed by atoms with Crippen molar-refractivity contribution in [1.82, 2.24) is 4.98 Å². The lowest BCUT2D eigenvalue weighted by molar-refractivity contribution is 0.591. The summed E-state index contributed by atoms with van der Waals surface area (Å²) in [6, 6.07) is 36.9. The van der Waals surface area contributed by atoms with Crippen LogP contribution in [0.4, 0.5) is 5.69 Å². The molecule has 3 heteroatoms. The normalized spacial score (nSPS) is 12.2. The molecule has 0 N–H and O–H groups in total. The molecule has 0 aliphatic rings. The van der Waals surface area contributed by atoms with Gasteiger partial charge in [0.2, 0.25) is 0 Å². The summed E-state index contributed by atoms with van der Waals surface area (Å²) in [5.41, 5.74) is 9.33. The van der Waals surface area contributed by atoms with Crippen LogP contribution in [0.1, 0.15) is 51.3 Å². The van der Waals surface area contributed by atoms with Gasteiger partial charge < -0.3 is 0 Å². The number of rotatable bonds is 6. The Kier molecular flexibility index (Phi) is 7.32. The van der Waals surface area contributed by atoms with Crippen LogP contribution in [0.3, 0.4) is 0 Å². The Morgan fingerprint density at radius 2 is 1.56 bits per heavy atom. The molecule has 0 bridgehead atoms. The summed E-state index contributed by atoms with van der Waals surface area (Å²) in [6.07, 6.45) is 3.05. The molecule has 0 aliphatic carbocycles. The molecule has 204 valence electrons. The van der Waals surface area contributed by atoms with Crippen LogP contribution in [-0.2, 0) is 11.8 Å². The summed E-state index contributed by atoms with van der Waals surface area (Å²) in [6.45, 7) is 11.4. The molecule has 5 aromatic carbocycles. The average molecular weight is 553 g/mol. The van der Waals surface area contributed by atoms with Gasteiger partial charge in [0.1, 0.15) is 5.01 Å². The molecule has 0 spiro atoms. The first kappa shape index (κ1) is 27.1. The number of thiazole rings is 1. The quantitative estimate of drug-likeness (QED) is 0.189. The van der Waals surface area contributed by atoms with E-state index in [0.717, 1.165) is 33.8 Å². The third-order valence-corrected chi connectivity index (χ3v) is 8.58. The maximum Gasteiger partial charge on any atom is 0.126 e. The zero-order chi connectivity index (χ0) is 28.6. The molecule has 0 saturated heterocycles. The average Bonchev–Trinajstić information content (AvgIpc) is 3.39. The summed E-state index contributed by atoms with van der Waals surface area (Å²) < 4.78 is 1.21. The predicted molar refractivity (Wildman–Crippen MR) is 179 cm³/mol. The van der Waals surface area contributed by atoms with Gasteiger partial charge in [0, 0.05) is 22.9 Å². The van der Waals surface area contributed by atoms with Crippen LogP contribution < -0.4 is 0 Å². The van der Waals surface area contributed by atoms with Crippen LogP contribution in [0.15, 0.2) is 108 Å². The summed E-state index contributed by atoms with van der Waals surface area (Å²) in [5.74, 6) is 0.614. The minimum Gasteiger partial charge on any atom is -0.256 e. The molecule has 41 heavy (non-hydrogen) atoms. The van der Waals surface area contributed by atoms with Gasteiger partial charge in [0.05, 0.1) is 15.9 Å². The van der Waals surface area contributed by atoms with E-state index in [9.17, 15) is 0 Å². The fourth-order valence-electron chi connectivity index (χ4n) is 5.40. The first-order chi connectivity index (χ1) is 19.8. The fraction of sp³-hybridized carbons (Fsp3) is 0.211. The van der Waals surface area contributed by atoms with Gasteiger partial charge in [0.15, 0.2) is 0 Å². The predicted octanol–water partition coefficient (Wildman–Crippen LogP) is 11.0. The number of nitrogens with zero attached hydrogens (tertiary/aromatic N) is 2. The van der Waals surface area contributed by atoms with E-state index in [4.69, 9.17) is 9.98 Å². The van der Waals surface area contributed by atoms with Gasteiger partial charge in [-0.05, 0) is 69.5 Å². The van der Waals surface area contributed by atoms with Crippen LogP contribution in [0, 0.1) is 5.92 Å². The molecule has 0 unspecified atom stereocenters. The van der Waals surface area contributed by atoms with E-state index in [2.05, 4.69) is 138 Å². The van der Waals surface area contributed by atoms with E-state index in [0.29, 0.717) is 5.92 Å². The number of aromatic nitrogens is 1. The summed E-state index contributed by atoms with van der Waals surface area (Å²) >= 11 is 1.76. The molecule has 1 heterocycles. The number of aliphatic imine (C=N–C) groups is 1. The van der Waals surface area contributed by atoms with Crippen LogP contribution in [0.25, 0.3) is 42.7 Å². The van der Waals surface area contributed by atoms with Gasteiger partial charge in [-0.15, -0.1) is 11.3 Å². The maximum atomic E-state index is 5.28. The maximum absolute atomic E-state index is 5.28. The van der Waals surface area contributed by atoms with Gasteiger partial charge in [-0.3, -0.25) is 4.99 Å². The Balaban J connectivity index is 1.47.